The highest BCUT2D eigenvalue weighted by atomic mass is 32.2. The van der Waals surface area contributed by atoms with Gasteiger partial charge in [-0.2, -0.15) is 16.1 Å². The molecule has 1 N–H and O–H groups in total. The van der Waals surface area contributed by atoms with Gasteiger partial charge in [-0.15, -0.1) is 0 Å². The molecule has 1 spiro atoms. The summed E-state index contributed by atoms with van der Waals surface area (Å²) < 4.78 is 10.6. The summed E-state index contributed by atoms with van der Waals surface area (Å²) in [5.74, 6) is 1.20. The molecule has 2 fully saturated rings. The van der Waals surface area contributed by atoms with Crippen molar-refractivity contribution >= 4 is 23.3 Å². The highest BCUT2D eigenvalue weighted by Crippen LogP contribution is 2.47. The average Bonchev–Trinajstić information content (AvgIpc) is 2.92. The number of hydrogen-bond donors (Lipinski definition) is 1. The third kappa shape index (κ3) is 1.61. The maximum absolute atomic E-state index is 6.16. The van der Waals surface area contributed by atoms with Crippen molar-refractivity contribution < 1.29 is 4.74 Å². The Labute approximate surface area is 104 Å². The summed E-state index contributed by atoms with van der Waals surface area (Å²) in [5, 5.41) is 6.19. The van der Waals surface area contributed by atoms with Gasteiger partial charge in [0, 0.05) is 17.2 Å². The van der Waals surface area contributed by atoms with Crippen LogP contribution in [0, 0.1) is 0 Å². The first-order valence-electron chi connectivity index (χ1n) is 5.72. The van der Waals surface area contributed by atoms with E-state index in [0.717, 1.165) is 25.3 Å². The predicted octanol–water partition coefficient (Wildman–Crippen LogP) is 2.07. The Hall–Kier alpha value is -0.100. The molecule has 0 aromatic carbocycles. The molecule has 3 nitrogen and oxygen atoms in total. The second-order valence-electron chi connectivity index (χ2n) is 4.38. The number of ether oxygens (including phenoxy) is 1. The molecule has 3 unspecified atom stereocenters. The molecule has 1 aromatic heterocycles. The van der Waals surface area contributed by atoms with Crippen molar-refractivity contribution in [1.29, 1.82) is 0 Å². The first kappa shape index (κ1) is 11.0. The summed E-state index contributed by atoms with van der Waals surface area (Å²) in [6, 6.07) is 2.39. The molecule has 0 radical (unpaired) electrons. The molecule has 2 saturated heterocycles. The zero-order chi connectivity index (χ0) is 11.0. The fraction of sp³-hybridized carbons (Fsp3) is 0.727. The fourth-order valence-electron chi connectivity index (χ4n) is 2.73. The molecular weight excluding hydrogens is 240 g/mol. The van der Waals surface area contributed by atoms with Gasteiger partial charge >= 0.3 is 0 Å². The van der Waals surface area contributed by atoms with Crippen LogP contribution in [0.1, 0.15) is 25.1 Å². The smallest absolute Gasteiger partial charge is 0.102 e. The van der Waals surface area contributed by atoms with Gasteiger partial charge in [0.15, 0.2) is 0 Å². The summed E-state index contributed by atoms with van der Waals surface area (Å²) in [7, 11) is 0. The number of hydrogen-bond acceptors (Lipinski definition) is 5. The molecule has 3 heterocycles. The Morgan fingerprint density at radius 2 is 2.56 bits per heavy atom. The van der Waals surface area contributed by atoms with Gasteiger partial charge in [0.1, 0.15) is 5.60 Å². The van der Waals surface area contributed by atoms with E-state index in [9.17, 15) is 0 Å². The molecule has 3 rings (SSSR count). The van der Waals surface area contributed by atoms with Crippen LogP contribution in [-0.2, 0) is 4.74 Å². The number of rotatable bonds is 1. The predicted molar refractivity (Wildman–Crippen MR) is 68.1 cm³/mol. The summed E-state index contributed by atoms with van der Waals surface area (Å²) in [4.78, 5) is 0. The van der Waals surface area contributed by atoms with Crippen LogP contribution >= 0.6 is 23.3 Å². The molecule has 0 aliphatic carbocycles. The summed E-state index contributed by atoms with van der Waals surface area (Å²) in [6.07, 6.45) is 1.13. The van der Waals surface area contributed by atoms with Gasteiger partial charge in [0.2, 0.25) is 0 Å². The Balaban J connectivity index is 1.95. The molecule has 2 aliphatic heterocycles. The molecule has 16 heavy (non-hydrogen) atoms. The molecule has 88 valence electrons. The summed E-state index contributed by atoms with van der Waals surface area (Å²) in [5.41, 5.74) is 1.12. The third-order valence-corrected chi connectivity index (χ3v) is 5.53. The van der Waals surface area contributed by atoms with Crippen LogP contribution in [0.5, 0.6) is 0 Å². The van der Waals surface area contributed by atoms with Crippen LogP contribution in [0.4, 0.5) is 0 Å². The molecule has 0 bridgehead atoms. The number of aromatic nitrogens is 1. The minimum absolute atomic E-state index is 0.0308. The van der Waals surface area contributed by atoms with Crippen LogP contribution in [-0.4, -0.2) is 34.1 Å². The summed E-state index contributed by atoms with van der Waals surface area (Å²) >= 11 is 3.54. The zero-order valence-electron chi connectivity index (χ0n) is 9.31. The first-order chi connectivity index (χ1) is 7.83. The van der Waals surface area contributed by atoms with E-state index in [1.165, 1.54) is 17.3 Å². The van der Waals surface area contributed by atoms with Crippen molar-refractivity contribution in [3.63, 3.8) is 0 Å². The Kier molecular flexibility index (Phi) is 2.96. The maximum Gasteiger partial charge on any atom is 0.102 e. The van der Waals surface area contributed by atoms with Crippen molar-refractivity contribution in [3.8, 4) is 0 Å². The highest BCUT2D eigenvalue weighted by Gasteiger charge is 2.51. The van der Waals surface area contributed by atoms with Gasteiger partial charge in [-0.1, -0.05) is 6.92 Å². The van der Waals surface area contributed by atoms with Crippen molar-refractivity contribution in [1.82, 2.24) is 9.69 Å². The van der Waals surface area contributed by atoms with Gasteiger partial charge in [-0.05, 0) is 29.8 Å². The van der Waals surface area contributed by atoms with E-state index in [1.807, 2.05) is 17.1 Å². The van der Waals surface area contributed by atoms with Crippen molar-refractivity contribution in [2.24, 2.45) is 0 Å². The molecule has 1 aromatic rings. The minimum atomic E-state index is -0.0308. The lowest BCUT2D eigenvalue weighted by Crippen LogP contribution is -2.55. The monoisotopic (exact) mass is 256 g/mol. The number of morpholine rings is 1. The van der Waals surface area contributed by atoms with Gasteiger partial charge in [-0.25, -0.2) is 0 Å². The first-order valence-corrected chi connectivity index (χ1v) is 7.61. The van der Waals surface area contributed by atoms with Gasteiger partial charge < -0.3 is 10.1 Å². The maximum atomic E-state index is 6.16. The number of nitrogens with one attached hydrogen (secondary N) is 1. The Bertz CT molecular complexity index is 357. The highest BCUT2D eigenvalue weighted by molar-refractivity contribution is 8.00. The van der Waals surface area contributed by atoms with Crippen LogP contribution in [0.2, 0.25) is 0 Å². The second-order valence-corrected chi connectivity index (χ2v) is 6.49. The zero-order valence-corrected chi connectivity index (χ0v) is 10.9. The van der Waals surface area contributed by atoms with Crippen molar-refractivity contribution in [2.75, 3.05) is 18.9 Å². The number of nitrogens with zero attached hydrogens (tertiary/aromatic N) is 1. The SMILES string of the molecule is CC1SCCC12OCCNC2c1ccsn1. The lowest BCUT2D eigenvalue weighted by atomic mass is 9.85. The van der Waals surface area contributed by atoms with E-state index in [1.54, 1.807) is 0 Å². The molecule has 0 amide bonds. The average molecular weight is 256 g/mol. The lowest BCUT2D eigenvalue weighted by molar-refractivity contribution is -0.0947. The van der Waals surface area contributed by atoms with Gasteiger partial charge in [0.25, 0.3) is 0 Å². The minimum Gasteiger partial charge on any atom is -0.370 e. The van der Waals surface area contributed by atoms with Crippen LogP contribution in [0.3, 0.4) is 0 Å². The normalized spacial score (nSPS) is 39.3. The topological polar surface area (TPSA) is 34.1 Å². The van der Waals surface area contributed by atoms with Crippen molar-refractivity contribution in [2.45, 2.75) is 30.2 Å². The second kappa shape index (κ2) is 4.29. The van der Waals surface area contributed by atoms with Gasteiger partial charge in [-0.3, -0.25) is 0 Å². The molecule has 5 heteroatoms. The quantitative estimate of drug-likeness (QED) is 0.834. The van der Waals surface area contributed by atoms with E-state index in [0.29, 0.717) is 5.25 Å². The largest absolute Gasteiger partial charge is 0.370 e. The molecule has 2 aliphatic rings. The standard InChI is InChI=1S/C11H16N2OS2/c1-8-11(3-7-15-8)10(12-4-5-14-11)9-2-6-16-13-9/h2,6,8,10,12H,3-5,7H2,1H3. The van der Waals surface area contributed by atoms with E-state index in [4.69, 9.17) is 4.74 Å². The van der Waals surface area contributed by atoms with Crippen molar-refractivity contribution in [3.05, 3.63) is 17.1 Å². The molecule has 3 atom stereocenters. The van der Waals surface area contributed by atoms with Gasteiger partial charge in [0.05, 0.1) is 18.3 Å². The third-order valence-electron chi connectivity index (χ3n) is 3.61. The van der Waals surface area contributed by atoms with Crippen LogP contribution in [0.25, 0.3) is 0 Å². The van der Waals surface area contributed by atoms with E-state index >= 15 is 0 Å². The fourth-order valence-corrected chi connectivity index (χ4v) is 4.68. The Morgan fingerprint density at radius 3 is 3.25 bits per heavy atom. The molecular formula is C11H16N2OS2. The van der Waals surface area contributed by atoms with Crippen LogP contribution < -0.4 is 5.32 Å². The van der Waals surface area contributed by atoms with E-state index < -0.39 is 0 Å². The van der Waals surface area contributed by atoms with E-state index in [-0.39, 0.29) is 11.6 Å². The summed E-state index contributed by atoms with van der Waals surface area (Å²) in [6.45, 7) is 4.04. The lowest BCUT2D eigenvalue weighted by Gasteiger charge is -2.43. The van der Waals surface area contributed by atoms with E-state index in [2.05, 4.69) is 22.7 Å². The van der Waals surface area contributed by atoms with Crippen LogP contribution in [0.15, 0.2) is 11.4 Å². The molecule has 0 saturated carbocycles. The Morgan fingerprint density at radius 1 is 1.62 bits per heavy atom. The number of thioether (sulfide) groups is 1.